The molecule has 1 unspecified atom stereocenters. The third-order valence-electron chi connectivity index (χ3n) is 7.15. The average molecular weight is 503 g/mol. The first-order valence-corrected chi connectivity index (χ1v) is 13.5. The van der Waals surface area contributed by atoms with Gasteiger partial charge in [0.05, 0.1) is 6.54 Å². The topological polar surface area (TPSA) is 121 Å². The van der Waals surface area contributed by atoms with Gasteiger partial charge in [-0.05, 0) is 44.1 Å². The lowest BCUT2D eigenvalue weighted by atomic mass is 9.95. The summed E-state index contributed by atoms with van der Waals surface area (Å²) in [6, 6.07) is 2.10. The van der Waals surface area contributed by atoms with Gasteiger partial charge in [-0.25, -0.2) is 18.7 Å². The summed E-state index contributed by atoms with van der Waals surface area (Å²) in [5, 5.41) is 8.94. The Kier molecular flexibility index (Phi) is 7.25. The third-order valence-corrected chi connectivity index (χ3v) is 9.18. The summed E-state index contributed by atoms with van der Waals surface area (Å²) in [4.78, 5) is 28.6. The number of ether oxygens (including phenoxy) is 1. The second kappa shape index (κ2) is 10.0. The van der Waals surface area contributed by atoms with Gasteiger partial charge in [0, 0.05) is 68.5 Å². The van der Waals surface area contributed by atoms with E-state index in [1.807, 2.05) is 0 Å². The molecule has 0 bridgehead atoms. The number of carbonyl (C=O) groups is 2. The molecule has 4 rings (SSSR count). The van der Waals surface area contributed by atoms with Crippen molar-refractivity contribution in [3.8, 4) is 23.7 Å². The van der Waals surface area contributed by atoms with E-state index in [1.165, 1.54) is 21.9 Å². The van der Waals surface area contributed by atoms with E-state index in [2.05, 4.69) is 28.6 Å². The Morgan fingerprint density at radius 2 is 2.00 bits per heavy atom. The summed E-state index contributed by atoms with van der Waals surface area (Å²) in [7, 11) is -3.83. The lowest BCUT2D eigenvalue weighted by Crippen LogP contribution is -2.53. The minimum atomic E-state index is -3.83. The molecule has 10 nitrogen and oxygen atoms in total. The van der Waals surface area contributed by atoms with Crippen LogP contribution in [0.25, 0.3) is 0 Å². The number of nitrogens with one attached hydrogen (secondary N) is 1. The molecule has 4 heterocycles. The standard InChI is InChI=1S/C24H30N4O6S/c1-24(22(29)25-31,35(2,32)33)9-10-26-17-21-13-18(16-28(21)23(26)30)5-3-4-6-19-14-27(15-19)20-7-11-34-12-8-20/h13,16,19-20,31H,7-12,14-15,17H2,1-2H3,(H,25,29). The molecule has 3 aliphatic heterocycles. The number of likely N-dealkylation sites (tertiary alicyclic amines) is 1. The lowest BCUT2D eigenvalue weighted by molar-refractivity contribution is -0.131. The van der Waals surface area contributed by atoms with Crippen LogP contribution < -0.4 is 5.48 Å². The second-order valence-corrected chi connectivity index (χ2v) is 11.9. The van der Waals surface area contributed by atoms with Crippen LogP contribution in [0.4, 0.5) is 4.79 Å². The predicted octanol–water partition coefficient (Wildman–Crippen LogP) is 0.436. The molecule has 2 amide bonds. The van der Waals surface area contributed by atoms with Gasteiger partial charge in [0.1, 0.15) is 0 Å². The predicted molar refractivity (Wildman–Crippen MR) is 127 cm³/mol. The molecule has 0 saturated carbocycles. The van der Waals surface area contributed by atoms with Gasteiger partial charge in [0.25, 0.3) is 5.91 Å². The highest BCUT2D eigenvalue weighted by Crippen LogP contribution is 2.26. The summed E-state index contributed by atoms with van der Waals surface area (Å²) >= 11 is 0. The largest absolute Gasteiger partial charge is 0.381 e. The molecule has 2 N–H and O–H groups in total. The molecule has 2 saturated heterocycles. The van der Waals surface area contributed by atoms with Crippen LogP contribution in [-0.4, -0.2) is 89.8 Å². The van der Waals surface area contributed by atoms with Gasteiger partial charge in [-0.2, -0.15) is 0 Å². The van der Waals surface area contributed by atoms with Crippen molar-refractivity contribution in [2.75, 3.05) is 39.1 Å². The van der Waals surface area contributed by atoms with Gasteiger partial charge in [-0.3, -0.25) is 19.5 Å². The number of sulfone groups is 1. The zero-order valence-electron chi connectivity index (χ0n) is 19.9. The highest BCUT2D eigenvalue weighted by Gasteiger charge is 2.44. The van der Waals surface area contributed by atoms with Crippen molar-refractivity contribution in [3.63, 3.8) is 0 Å². The van der Waals surface area contributed by atoms with E-state index >= 15 is 0 Å². The number of hydrogen-bond donors (Lipinski definition) is 2. The van der Waals surface area contributed by atoms with E-state index in [1.54, 1.807) is 12.3 Å². The van der Waals surface area contributed by atoms with Crippen LogP contribution in [0, 0.1) is 29.6 Å². The number of nitrogens with zero attached hydrogens (tertiary/aromatic N) is 3. The van der Waals surface area contributed by atoms with E-state index in [9.17, 15) is 18.0 Å². The van der Waals surface area contributed by atoms with E-state index in [4.69, 9.17) is 9.94 Å². The Bertz CT molecular complexity index is 1220. The fourth-order valence-corrected chi connectivity index (χ4v) is 5.44. The molecule has 0 spiro atoms. The normalized spacial score (nSPS) is 20.7. The van der Waals surface area contributed by atoms with Crippen molar-refractivity contribution >= 4 is 21.8 Å². The molecular formula is C24H30N4O6S. The monoisotopic (exact) mass is 502 g/mol. The highest BCUT2D eigenvalue weighted by molar-refractivity contribution is 7.92. The van der Waals surface area contributed by atoms with Gasteiger partial charge < -0.3 is 9.64 Å². The van der Waals surface area contributed by atoms with Gasteiger partial charge in [0.15, 0.2) is 14.6 Å². The Balaban J connectivity index is 1.30. The van der Waals surface area contributed by atoms with E-state index < -0.39 is 20.5 Å². The quantitative estimate of drug-likeness (QED) is 0.329. The Labute approximate surface area is 205 Å². The summed E-state index contributed by atoms with van der Waals surface area (Å²) in [5.74, 6) is 11.3. The summed E-state index contributed by atoms with van der Waals surface area (Å²) < 4.78 is 29.3. The van der Waals surface area contributed by atoms with Gasteiger partial charge in [-0.1, -0.05) is 11.8 Å². The molecule has 11 heteroatoms. The minimum absolute atomic E-state index is 0.0380. The van der Waals surface area contributed by atoms with Crippen molar-refractivity contribution in [1.82, 2.24) is 19.8 Å². The van der Waals surface area contributed by atoms with Crippen LogP contribution >= 0.6 is 0 Å². The molecule has 1 atom stereocenters. The SMILES string of the molecule is CC(CCN1Cc2cc(C#CC#CC3CN(C4CCOCC4)C3)cn2C1=O)(C(=O)NO)S(C)(=O)=O. The molecule has 3 aliphatic rings. The summed E-state index contributed by atoms with van der Waals surface area (Å²) in [5.41, 5.74) is 2.82. The highest BCUT2D eigenvalue weighted by atomic mass is 32.2. The van der Waals surface area contributed by atoms with Crippen LogP contribution in [0.3, 0.4) is 0 Å². The number of aromatic nitrogens is 1. The molecule has 0 aliphatic carbocycles. The zero-order valence-corrected chi connectivity index (χ0v) is 20.7. The molecule has 188 valence electrons. The van der Waals surface area contributed by atoms with Gasteiger partial charge in [-0.15, -0.1) is 0 Å². The van der Waals surface area contributed by atoms with E-state index in [0.29, 0.717) is 17.5 Å². The molecule has 1 aromatic heterocycles. The van der Waals surface area contributed by atoms with E-state index in [0.717, 1.165) is 51.1 Å². The molecule has 0 aromatic carbocycles. The number of rotatable bonds is 6. The van der Waals surface area contributed by atoms with Gasteiger partial charge >= 0.3 is 6.03 Å². The second-order valence-electron chi connectivity index (χ2n) is 9.50. The molecule has 2 fully saturated rings. The van der Waals surface area contributed by atoms with Crippen molar-refractivity contribution < 1.29 is 28.0 Å². The summed E-state index contributed by atoms with van der Waals surface area (Å²) in [6.45, 7) is 5.17. The maximum Gasteiger partial charge on any atom is 0.328 e. The molecule has 1 aromatic rings. The Morgan fingerprint density at radius 1 is 1.29 bits per heavy atom. The smallest absolute Gasteiger partial charge is 0.328 e. The molecule has 0 radical (unpaired) electrons. The minimum Gasteiger partial charge on any atom is -0.381 e. The third kappa shape index (κ3) is 5.24. The maximum atomic E-state index is 12.7. The van der Waals surface area contributed by atoms with Crippen LogP contribution in [0.15, 0.2) is 12.3 Å². The summed E-state index contributed by atoms with van der Waals surface area (Å²) in [6.07, 6.45) is 4.59. The van der Waals surface area contributed by atoms with Crippen LogP contribution in [0.1, 0.15) is 37.4 Å². The Hall–Kier alpha value is -2.83. The van der Waals surface area contributed by atoms with E-state index in [-0.39, 0.29) is 25.5 Å². The average Bonchev–Trinajstić information content (AvgIpc) is 3.33. The van der Waals surface area contributed by atoms with Crippen LogP contribution in [-0.2, 0) is 25.9 Å². The maximum absolute atomic E-state index is 12.7. The number of hydroxylamine groups is 1. The lowest BCUT2D eigenvalue weighted by Gasteiger charge is -2.43. The number of amides is 2. The van der Waals surface area contributed by atoms with Crippen LogP contribution in [0.5, 0.6) is 0 Å². The number of carbonyl (C=O) groups excluding carboxylic acids is 2. The Morgan fingerprint density at radius 3 is 2.63 bits per heavy atom. The first kappa shape index (κ1) is 25.3. The molecular weight excluding hydrogens is 472 g/mol. The van der Waals surface area contributed by atoms with Crippen molar-refractivity contribution in [1.29, 1.82) is 0 Å². The first-order chi connectivity index (χ1) is 16.6. The first-order valence-electron chi connectivity index (χ1n) is 11.6. The zero-order chi connectivity index (χ0) is 25.2. The van der Waals surface area contributed by atoms with Crippen molar-refractivity contribution in [3.05, 3.63) is 23.5 Å². The number of fused-ring (bicyclic) bond motifs is 1. The fourth-order valence-electron chi connectivity index (χ4n) is 4.59. The van der Waals surface area contributed by atoms with Gasteiger partial charge in [0.2, 0.25) is 0 Å². The fraction of sp³-hybridized carbons (Fsp3) is 0.583. The van der Waals surface area contributed by atoms with Crippen LogP contribution in [0.2, 0.25) is 0 Å². The molecule has 35 heavy (non-hydrogen) atoms. The van der Waals surface area contributed by atoms with Crippen molar-refractivity contribution in [2.24, 2.45) is 5.92 Å². The van der Waals surface area contributed by atoms with Crippen molar-refractivity contribution in [2.45, 2.75) is 43.5 Å². The number of hydrogen-bond acceptors (Lipinski definition) is 7.